The van der Waals surface area contributed by atoms with Crippen molar-refractivity contribution in [2.75, 3.05) is 7.11 Å². The van der Waals surface area contributed by atoms with Crippen molar-refractivity contribution in [1.29, 1.82) is 5.41 Å². The van der Waals surface area contributed by atoms with E-state index in [-0.39, 0.29) is 5.17 Å². The van der Waals surface area contributed by atoms with Crippen molar-refractivity contribution in [1.82, 2.24) is 0 Å². The van der Waals surface area contributed by atoms with E-state index in [0.717, 1.165) is 22.5 Å². The van der Waals surface area contributed by atoms with Crippen LogP contribution in [0.15, 0.2) is 28.7 Å². The summed E-state index contributed by atoms with van der Waals surface area (Å²) < 4.78 is 10.7. The molecule has 0 radical (unpaired) electrons. The van der Waals surface area contributed by atoms with Gasteiger partial charge in [0.1, 0.15) is 17.1 Å². The zero-order valence-corrected chi connectivity index (χ0v) is 9.64. The average molecular weight is 236 g/mol. The van der Waals surface area contributed by atoms with E-state index < -0.39 is 0 Å². The Morgan fingerprint density at radius 3 is 3.00 bits per heavy atom. The van der Waals surface area contributed by atoms with Gasteiger partial charge in [0.15, 0.2) is 5.17 Å². The maximum atomic E-state index is 7.12. The molecule has 0 spiro atoms. The minimum atomic E-state index is 0.0954. The van der Waals surface area contributed by atoms with E-state index >= 15 is 0 Å². The highest BCUT2D eigenvalue weighted by Gasteiger charge is 2.05. The highest BCUT2D eigenvalue weighted by atomic mass is 32.2. The van der Waals surface area contributed by atoms with E-state index in [1.165, 1.54) is 11.8 Å². The summed E-state index contributed by atoms with van der Waals surface area (Å²) in [6.45, 7) is 0. The third-order valence-corrected chi connectivity index (χ3v) is 2.88. The Morgan fingerprint density at radius 2 is 2.31 bits per heavy atom. The molecular weight excluding hydrogens is 224 g/mol. The topological polar surface area (TPSA) is 72.2 Å². The molecule has 0 bridgehead atoms. The Balaban J connectivity index is 2.25. The van der Waals surface area contributed by atoms with Crippen LogP contribution in [0.4, 0.5) is 0 Å². The average Bonchev–Trinajstić information content (AvgIpc) is 2.67. The summed E-state index contributed by atoms with van der Waals surface area (Å²) >= 11 is 1.25. The van der Waals surface area contributed by atoms with Crippen molar-refractivity contribution < 1.29 is 9.15 Å². The Kier molecular flexibility index (Phi) is 3.05. The lowest BCUT2D eigenvalue weighted by Crippen LogP contribution is -2.03. The number of hydrogen-bond acceptors (Lipinski definition) is 4. The van der Waals surface area contributed by atoms with Gasteiger partial charge in [-0.1, -0.05) is 11.8 Å². The van der Waals surface area contributed by atoms with Crippen LogP contribution in [-0.2, 0) is 5.75 Å². The second-order valence-corrected chi connectivity index (χ2v) is 4.29. The molecule has 0 atom stereocenters. The van der Waals surface area contributed by atoms with Crippen molar-refractivity contribution in [3.05, 3.63) is 30.0 Å². The number of amidine groups is 1. The lowest BCUT2D eigenvalue weighted by Gasteiger charge is -1.96. The number of fused-ring (bicyclic) bond motifs is 1. The van der Waals surface area contributed by atoms with Crippen molar-refractivity contribution in [2.24, 2.45) is 5.73 Å². The zero-order chi connectivity index (χ0) is 11.5. The van der Waals surface area contributed by atoms with E-state index in [4.69, 9.17) is 20.3 Å². The van der Waals surface area contributed by atoms with Crippen LogP contribution < -0.4 is 10.5 Å². The number of benzene rings is 1. The van der Waals surface area contributed by atoms with Crippen molar-refractivity contribution in [3.8, 4) is 5.75 Å². The van der Waals surface area contributed by atoms with E-state index in [2.05, 4.69) is 0 Å². The first-order valence-corrected chi connectivity index (χ1v) is 5.71. The first kappa shape index (κ1) is 10.9. The number of methoxy groups -OCH3 is 1. The molecule has 3 N–H and O–H groups in total. The smallest absolute Gasteiger partial charge is 0.151 e. The molecule has 2 aromatic rings. The fourth-order valence-electron chi connectivity index (χ4n) is 1.42. The van der Waals surface area contributed by atoms with E-state index in [0.29, 0.717) is 5.75 Å². The third-order valence-electron chi connectivity index (χ3n) is 2.14. The van der Waals surface area contributed by atoms with Crippen LogP contribution in [0.2, 0.25) is 0 Å². The number of nitrogens with one attached hydrogen (secondary N) is 1. The molecule has 1 aromatic carbocycles. The summed E-state index contributed by atoms with van der Waals surface area (Å²) in [5, 5.41) is 8.22. The SMILES string of the molecule is COc1ccc2oc(CSC(=N)N)cc2c1. The summed E-state index contributed by atoms with van der Waals surface area (Å²) in [5.41, 5.74) is 6.08. The van der Waals surface area contributed by atoms with Gasteiger partial charge in [-0.2, -0.15) is 0 Å². The predicted octanol–water partition coefficient (Wildman–Crippen LogP) is 2.57. The maximum absolute atomic E-state index is 7.12. The largest absolute Gasteiger partial charge is 0.497 e. The molecule has 0 fully saturated rings. The summed E-state index contributed by atoms with van der Waals surface area (Å²) in [6, 6.07) is 7.58. The Bertz CT molecular complexity index is 522. The van der Waals surface area contributed by atoms with E-state index in [1.807, 2.05) is 24.3 Å². The van der Waals surface area contributed by atoms with Gasteiger partial charge in [-0.05, 0) is 24.3 Å². The summed E-state index contributed by atoms with van der Waals surface area (Å²) in [6.07, 6.45) is 0. The summed E-state index contributed by atoms with van der Waals surface area (Å²) in [5.74, 6) is 2.19. The zero-order valence-electron chi connectivity index (χ0n) is 8.82. The molecule has 16 heavy (non-hydrogen) atoms. The highest BCUT2D eigenvalue weighted by molar-refractivity contribution is 8.13. The fraction of sp³-hybridized carbons (Fsp3) is 0.182. The molecular formula is C11H12N2O2S. The Hall–Kier alpha value is -1.62. The van der Waals surface area contributed by atoms with Gasteiger partial charge in [-0.15, -0.1) is 0 Å². The first-order chi connectivity index (χ1) is 7.69. The van der Waals surface area contributed by atoms with Crippen molar-refractivity contribution >= 4 is 27.9 Å². The molecule has 0 amide bonds. The van der Waals surface area contributed by atoms with Gasteiger partial charge in [0.25, 0.3) is 0 Å². The Labute approximate surface area is 97.3 Å². The highest BCUT2D eigenvalue weighted by Crippen LogP contribution is 2.26. The first-order valence-electron chi connectivity index (χ1n) is 4.72. The van der Waals surface area contributed by atoms with Crippen LogP contribution in [0, 0.1) is 5.41 Å². The van der Waals surface area contributed by atoms with Crippen LogP contribution in [0.1, 0.15) is 5.76 Å². The summed E-state index contributed by atoms with van der Waals surface area (Å²) in [4.78, 5) is 0. The quantitative estimate of drug-likeness (QED) is 0.634. The van der Waals surface area contributed by atoms with Crippen molar-refractivity contribution in [2.45, 2.75) is 5.75 Å². The van der Waals surface area contributed by atoms with E-state index in [1.54, 1.807) is 7.11 Å². The second kappa shape index (κ2) is 4.49. The Morgan fingerprint density at radius 1 is 1.50 bits per heavy atom. The van der Waals surface area contributed by atoms with Gasteiger partial charge in [0.2, 0.25) is 0 Å². The van der Waals surface area contributed by atoms with Gasteiger partial charge in [0, 0.05) is 5.39 Å². The molecule has 1 heterocycles. The van der Waals surface area contributed by atoms with Crippen LogP contribution in [0.25, 0.3) is 11.0 Å². The third kappa shape index (κ3) is 2.30. The number of thioether (sulfide) groups is 1. The molecule has 0 aliphatic carbocycles. The van der Waals surface area contributed by atoms with Crippen LogP contribution in [0.3, 0.4) is 0 Å². The lowest BCUT2D eigenvalue weighted by molar-refractivity contribution is 0.415. The van der Waals surface area contributed by atoms with Crippen LogP contribution in [-0.4, -0.2) is 12.3 Å². The molecule has 84 valence electrons. The standard InChI is InChI=1S/C11H12N2O2S/c1-14-8-2-3-10-7(4-8)5-9(15-10)6-16-11(12)13/h2-5H,6H2,1H3,(H3,12,13). The maximum Gasteiger partial charge on any atom is 0.151 e. The molecule has 0 saturated carbocycles. The predicted molar refractivity (Wildman–Crippen MR) is 66.0 cm³/mol. The molecule has 0 saturated heterocycles. The minimum absolute atomic E-state index is 0.0954. The van der Waals surface area contributed by atoms with Gasteiger partial charge in [0.05, 0.1) is 12.9 Å². The normalized spacial score (nSPS) is 10.6. The monoisotopic (exact) mass is 236 g/mol. The number of nitrogens with two attached hydrogens (primary N) is 1. The number of ether oxygens (including phenoxy) is 1. The number of furan rings is 1. The molecule has 1 aromatic heterocycles. The molecule has 2 rings (SSSR count). The number of hydrogen-bond donors (Lipinski definition) is 2. The molecule has 0 aliphatic rings. The molecule has 5 heteroatoms. The molecule has 4 nitrogen and oxygen atoms in total. The van der Waals surface area contributed by atoms with Gasteiger partial charge in [-0.3, -0.25) is 5.41 Å². The van der Waals surface area contributed by atoms with E-state index in [9.17, 15) is 0 Å². The fourth-order valence-corrected chi connectivity index (χ4v) is 1.86. The van der Waals surface area contributed by atoms with Crippen molar-refractivity contribution in [3.63, 3.8) is 0 Å². The van der Waals surface area contributed by atoms with Gasteiger partial charge in [-0.25, -0.2) is 0 Å². The van der Waals surface area contributed by atoms with Gasteiger partial charge < -0.3 is 14.9 Å². The van der Waals surface area contributed by atoms with Crippen LogP contribution in [0.5, 0.6) is 5.75 Å². The molecule has 0 unspecified atom stereocenters. The lowest BCUT2D eigenvalue weighted by atomic mass is 10.2. The molecule has 0 aliphatic heterocycles. The second-order valence-electron chi connectivity index (χ2n) is 3.27. The minimum Gasteiger partial charge on any atom is -0.497 e. The van der Waals surface area contributed by atoms with Gasteiger partial charge >= 0.3 is 0 Å². The van der Waals surface area contributed by atoms with Crippen LogP contribution >= 0.6 is 11.8 Å². The summed E-state index contributed by atoms with van der Waals surface area (Å²) in [7, 11) is 1.63. The number of rotatable bonds is 3.